The normalized spacial score (nSPS) is 29.2. The second-order valence-corrected chi connectivity index (χ2v) is 5.11. The first kappa shape index (κ1) is 15.1. The molecule has 2 atom stereocenters. The summed E-state index contributed by atoms with van der Waals surface area (Å²) in [4.78, 5) is 0. The Bertz CT molecular complexity index is 251. The zero-order chi connectivity index (χ0) is 13.1. The molecule has 0 spiro atoms. The van der Waals surface area contributed by atoms with Crippen LogP contribution >= 0.6 is 0 Å². The maximum Gasteiger partial charge on any atom is 0.0742 e. The molecule has 0 radical (unpaired) electrons. The van der Waals surface area contributed by atoms with Gasteiger partial charge in [0.15, 0.2) is 0 Å². The van der Waals surface area contributed by atoms with Crippen molar-refractivity contribution >= 4 is 0 Å². The second-order valence-electron chi connectivity index (χ2n) is 5.11. The minimum Gasteiger partial charge on any atom is -0.190 e. The van der Waals surface area contributed by atoms with Gasteiger partial charge in [-0.05, 0) is 38.5 Å². The van der Waals surface area contributed by atoms with Crippen molar-refractivity contribution in [2.24, 2.45) is 10.2 Å². The lowest BCUT2D eigenvalue weighted by Crippen LogP contribution is -2.06. The summed E-state index contributed by atoms with van der Waals surface area (Å²) in [6, 6.07) is 0.794. The first-order valence-corrected chi connectivity index (χ1v) is 7.56. The van der Waals surface area contributed by atoms with Crippen LogP contribution in [0.4, 0.5) is 0 Å². The zero-order valence-corrected chi connectivity index (χ0v) is 12.0. The summed E-state index contributed by atoms with van der Waals surface area (Å²) in [5.41, 5.74) is 0. The summed E-state index contributed by atoms with van der Waals surface area (Å²) in [7, 11) is 0. The smallest absolute Gasteiger partial charge is 0.0742 e. The standard InChI is InChI=1S/C16H28N2/c1-3-11-15-13-9-7-5-6-8-10-14-16(12-4-2)18-17-15/h7-10,15-16H,3-6,11-14H2,1-2H3/b9-7+,10-8+,18-17?. The number of allylic oxidation sites excluding steroid dienone is 2. The SMILES string of the molecule is CCCC1C/C=C/CC/C=C/CC(CCC)N=N1. The molecule has 0 fully saturated rings. The van der Waals surface area contributed by atoms with E-state index in [-0.39, 0.29) is 0 Å². The van der Waals surface area contributed by atoms with Crippen LogP contribution in [-0.2, 0) is 0 Å². The summed E-state index contributed by atoms with van der Waals surface area (Å²) in [6.45, 7) is 4.45. The highest BCUT2D eigenvalue weighted by Crippen LogP contribution is 2.14. The molecule has 0 saturated carbocycles. The molecule has 0 N–H and O–H groups in total. The molecular formula is C16H28N2. The summed E-state index contributed by atoms with van der Waals surface area (Å²) >= 11 is 0. The molecule has 2 unspecified atom stereocenters. The minimum absolute atomic E-state index is 0.397. The Hall–Kier alpha value is -0.920. The lowest BCUT2D eigenvalue weighted by atomic mass is 10.1. The van der Waals surface area contributed by atoms with E-state index in [4.69, 9.17) is 0 Å². The van der Waals surface area contributed by atoms with Crippen LogP contribution in [0.1, 0.15) is 65.2 Å². The van der Waals surface area contributed by atoms with Gasteiger partial charge in [-0.15, -0.1) is 0 Å². The molecule has 18 heavy (non-hydrogen) atoms. The molecule has 0 aliphatic carbocycles. The predicted molar refractivity (Wildman–Crippen MR) is 79.0 cm³/mol. The van der Waals surface area contributed by atoms with Gasteiger partial charge in [-0.2, -0.15) is 10.2 Å². The Labute approximate surface area is 112 Å². The van der Waals surface area contributed by atoms with E-state index in [0.29, 0.717) is 12.1 Å². The lowest BCUT2D eigenvalue weighted by Gasteiger charge is -2.11. The first-order chi connectivity index (χ1) is 8.86. The van der Waals surface area contributed by atoms with Crippen LogP contribution in [0.25, 0.3) is 0 Å². The van der Waals surface area contributed by atoms with Crippen LogP contribution < -0.4 is 0 Å². The summed E-state index contributed by atoms with van der Waals surface area (Å²) in [5.74, 6) is 0. The number of rotatable bonds is 4. The fourth-order valence-corrected chi connectivity index (χ4v) is 2.24. The number of azo groups is 1. The van der Waals surface area contributed by atoms with Crippen LogP contribution in [0, 0.1) is 0 Å². The first-order valence-electron chi connectivity index (χ1n) is 7.56. The van der Waals surface area contributed by atoms with Crippen molar-refractivity contribution in [2.75, 3.05) is 0 Å². The molecule has 102 valence electrons. The average Bonchev–Trinajstić information content (AvgIpc) is 2.36. The van der Waals surface area contributed by atoms with E-state index in [9.17, 15) is 0 Å². The molecule has 1 rings (SSSR count). The highest BCUT2D eigenvalue weighted by atomic mass is 15.1. The molecule has 0 amide bonds. The van der Waals surface area contributed by atoms with Crippen LogP contribution in [0.2, 0.25) is 0 Å². The summed E-state index contributed by atoms with van der Waals surface area (Å²) in [6.07, 6.45) is 18.3. The predicted octanol–water partition coefficient (Wildman–Crippen LogP) is 5.46. The van der Waals surface area contributed by atoms with Crippen LogP contribution in [0.15, 0.2) is 34.5 Å². The van der Waals surface area contributed by atoms with E-state index in [1.807, 2.05) is 0 Å². The molecule has 2 heteroatoms. The third kappa shape index (κ3) is 6.73. The average molecular weight is 248 g/mol. The van der Waals surface area contributed by atoms with Gasteiger partial charge in [0.2, 0.25) is 0 Å². The second kappa shape index (κ2) is 10.0. The molecule has 1 aliphatic rings. The number of hydrogen-bond donors (Lipinski definition) is 0. The Morgan fingerprint density at radius 3 is 1.61 bits per heavy atom. The topological polar surface area (TPSA) is 24.7 Å². The van der Waals surface area contributed by atoms with Crippen LogP contribution in [-0.4, -0.2) is 12.1 Å². The summed E-state index contributed by atoms with van der Waals surface area (Å²) in [5, 5.41) is 9.17. The molecule has 0 saturated heterocycles. The number of nitrogens with zero attached hydrogens (tertiary/aromatic N) is 2. The van der Waals surface area contributed by atoms with Gasteiger partial charge in [-0.1, -0.05) is 51.0 Å². The van der Waals surface area contributed by atoms with Crippen molar-refractivity contribution in [1.29, 1.82) is 0 Å². The van der Waals surface area contributed by atoms with Crippen LogP contribution in [0.3, 0.4) is 0 Å². The van der Waals surface area contributed by atoms with E-state index < -0.39 is 0 Å². The van der Waals surface area contributed by atoms with Gasteiger partial charge in [0.25, 0.3) is 0 Å². The fraction of sp³-hybridized carbons (Fsp3) is 0.750. The van der Waals surface area contributed by atoms with E-state index >= 15 is 0 Å². The van der Waals surface area contributed by atoms with Gasteiger partial charge in [-0.25, -0.2) is 0 Å². The Morgan fingerprint density at radius 2 is 1.22 bits per heavy atom. The lowest BCUT2D eigenvalue weighted by molar-refractivity contribution is 0.519. The van der Waals surface area contributed by atoms with Gasteiger partial charge >= 0.3 is 0 Å². The highest BCUT2D eigenvalue weighted by Gasteiger charge is 2.07. The maximum atomic E-state index is 4.59. The molecule has 0 bridgehead atoms. The van der Waals surface area contributed by atoms with Gasteiger partial charge < -0.3 is 0 Å². The number of hydrogen-bond acceptors (Lipinski definition) is 2. The van der Waals surface area contributed by atoms with Crippen molar-refractivity contribution in [3.63, 3.8) is 0 Å². The van der Waals surface area contributed by atoms with Crippen molar-refractivity contribution in [2.45, 2.75) is 77.3 Å². The van der Waals surface area contributed by atoms with Gasteiger partial charge in [-0.3, -0.25) is 0 Å². The zero-order valence-electron chi connectivity index (χ0n) is 12.0. The van der Waals surface area contributed by atoms with E-state index in [1.165, 1.54) is 12.8 Å². The largest absolute Gasteiger partial charge is 0.190 e. The fourth-order valence-electron chi connectivity index (χ4n) is 2.24. The van der Waals surface area contributed by atoms with Crippen molar-refractivity contribution in [3.05, 3.63) is 24.3 Å². The van der Waals surface area contributed by atoms with E-state index in [1.54, 1.807) is 0 Å². The summed E-state index contributed by atoms with van der Waals surface area (Å²) < 4.78 is 0. The molecular weight excluding hydrogens is 220 g/mol. The minimum atomic E-state index is 0.397. The quantitative estimate of drug-likeness (QED) is 0.590. The molecule has 0 aromatic heterocycles. The van der Waals surface area contributed by atoms with E-state index in [0.717, 1.165) is 38.5 Å². The van der Waals surface area contributed by atoms with Crippen LogP contribution in [0.5, 0.6) is 0 Å². The van der Waals surface area contributed by atoms with Crippen molar-refractivity contribution in [1.82, 2.24) is 0 Å². The molecule has 2 nitrogen and oxygen atoms in total. The third-order valence-corrected chi connectivity index (χ3v) is 3.29. The third-order valence-electron chi connectivity index (χ3n) is 3.29. The van der Waals surface area contributed by atoms with Gasteiger partial charge in [0.1, 0.15) is 0 Å². The highest BCUT2D eigenvalue weighted by molar-refractivity contribution is 4.92. The molecule has 1 aliphatic heterocycles. The maximum absolute atomic E-state index is 4.59. The Morgan fingerprint density at radius 1 is 0.778 bits per heavy atom. The monoisotopic (exact) mass is 248 g/mol. The van der Waals surface area contributed by atoms with E-state index in [2.05, 4.69) is 48.4 Å². The van der Waals surface area contributed by atoms with Crippen molar-refractivity contribution < 1.29 is 0 Å². The molecule has 0 aromatic rings. The van der Waals surface area contributed by atoms with Gasteiger partial charge in [0.05, 0.1) is 12.1 Å². The Balaban J connectivity index is 2.64. The Kier molecular flexibility index (Phi) is 8.45. The molecule has 0 aromatic carbocycles. The molecule has 1 heterocycles. The van der Waals surface area contributed by atoms with Crippen molar-refractivity contribution in [3.8, 4) is 0 Å². The van der Waals surface area contributed by atoms with Gasteiger partial charge in [0, 0.05) is 0 Å².